The SMILES string of the molecule is CCCNC(CC(C)C(C)(C)C)c1ccccc1. The second-order valence-electron chi connectivity index (χ2n) is 6.42. The Morgan fingerprint density at radius 2 is 1.72 bits per heavy atom. The lowest BCUT2D eigenvalue weighted by atomic mass is 9.77. The van der Waals surface area contributed by atoms with Crippen LogP contribution in [0, 0.1) is 11.3 Å². The molecule has 2 unspecified atom stereocenters. The maximum atomic E-state index is 3.69. The summed E-state index contributed by atoms with van der Waals surface area (Å²) in [5.41, 5.74) is 1.79. The molecule has 102 valence electrons. The van der Waals surface area contributed by atoms with Crippen molar-refractivity contribution in [1.29, 1.82) is 0 Å². The largest absolute Gasteiger partial charge is 0.310 e. The third-order valence-electron chi connectivity index (χ3n) is 3.91. The molecule has 1 aromatic rings. The van der Waals surface area contributed by atoms with Crippen molar-refractivity contribution in [3.8, 4) is 0 Å². The van der Waals surface area contributed by atoms with Gasteiger partial charge in [0.2, 0.25) is 0 Å². The maximum Gasteiger partial charge on any atom is 0.0322 e. The number of nitrogens with one attached hydrogen (secondary N) is 1. The molecule has 1 aromatic carbocycles. The third kappa shape index (κ3) is 4.81. The Hall–Kier alpha value is -0.820. The number of hydrogen-bond donors (Lipinski definition) is 1. The van der Waals surface area contributed by atoms with E-state index in [0.29, 0.717) is 17.4 Å². The van der Waals surface area contributed by atoms with E-state index in [1.165, 1.54) is 18.4 Å². The van der Waals surface area contributed by atoms with Crippen molar-refractivity contribution < 1.29 is 0 Å². The molecule has 0 saturated heterocycles. The molecule has 0 aliphatic rings. The van der Waals surface area contributed by atoms with Crippen LogP contribution in [0.5, 0.6) is 0 Å². The van der Waals surface area contributed by atoms with Crippen LogP contribution in [0.1, 0.15) is 59.1 Å². The standard InChI is InChI=1S/C17H29N/c1-6-12-18-16(13-14(2)17(3,4)5)15-10-8-7-9-11-15/h7-11,14,16,18H,6,12-13H2,1-5H3. The van der Waals surface area contributed by atoms with E-state index in [-0.39, 0.29) is 0 Å². The molecular weight excluding hydrogens is 218 g/mol. The average molecular weight is 247 g/mol. The van der Waals surface area contributed by atoms with Crippen LogP contribution in [-0.2, 0) is 0 Å². The van der Waals surface area contributed by atoms with E-state index in [4.69, 9.17) is 0 Å². The van der Waals surface area contributed by atoms with Gasteiger partial charge in [0.05, 0.1) is 0 Å². The highest BCUT2D eigenvalue weighted by Gasteiger charge is 2.23. The second-order valence-corrected chi connectivity index (χ2v) is 6.42. The van der Waals surface area contributed by atoms with Crippen molar-refractivity contribution >= 4 is 0 Å². The summed E-state index contributed by atoms with van der Waals surface area (Å²) in [6.07, 6.45) is 2.39. The van der Waals surface area contributed by atoms with Gasteiger partial charge in [0.1, 0.15) is 0 Å². The van der Waals surface area contributed by atoms with Crippen molar-refractivity contribution in [2.45, 2.75) is 53.5 Å². The first-order valence-corrected chi connectivity index (χ1v) is 7.23. The van der Waals surface area contributed by atoms with E-state index in [2.05, 4.69) is 70.3 Å². The van der Waals surface area contributed by atoms with Gasteiger partial charge < -0.3 is 5.32 Å². The Labute approximate surface area is 113 Å². The quantitative estimate of drug-likeness (QED) is 0.761. The minimum atomic E-state index is 0.376. The van der Waals surface area contributed by atoms with Gasteiger partial charge in [-0.1, -0.05) is 65.0 Å². The molecule has 0 spiro atoms. The van der Waals surface area contributed by atoms with Gasteiger partial charge in [-0.05, 0) is 36.3 Å². The zero-order valence-electron chi connectivity index (χ0n) is 12.7. The van der Waals surface area contributed by atoms with Gasteiger partial charge in [0, 0.05) is 6.04 Å². The van der Waals surface area contributed by atoms with Crippen molar-refractivity contribution in [3.05, 3.63) is 35.9 Å². The van der Waals surface area contributed by atoms with Crippen LogP contribution in [0.25, 0.3) is 0 Å². The van der Waals surface area contributed by atoms with Gasteiger partial charge in [-0.2, -0.15) is 0 Å². The molecule has 0 heterocycles. The Balaban J connectivity index is 2.73. The molecule has 1 heteroatoms. The second kappa shape index (κ2) is 6.94. The van der Waals surface area contributed by atoms with E-state index < -0.39 is 0 Å². The normalized spacial score (nSPS) is 15.4. The number of rotatable bonds is 6. The summed E-state index contributed by atoms with van der Waals surface area (Å²) in [7, 11) is 0. The van der Waals surface area contributed by atoms with E-state index >= 15 is 0 Å². The highest BCUT2D eigenvalue weighted by molar-refractivity contribution is 5.19. The molecule has 1 rings (SSSR count). The predicted octanol–water partition coefficient (Wildman–Crippen LogP) is 4.80. The maximum absolute atomic E-state index is 3.69. The van der Waals surface area contributed by atoms with Crippen LogP contribution in [0.4, 0.5) is 0 Å². The van der Waals surface area contributed by atoms with Crippen LogP contribution >= 0.6 is 0 Å². The Morgan fingerprint density at radius 3 is 2.22 bits per heavy atom. The minimum absolute atomic E-state index is 0.376. The molecule has 0 aliphatic heterocycles. The van der Waals surface area contributed by atoms with Crippen molar-refractivity contribution in [1.82, 2.24) is 5.32 Å². The highest BCUT2D eigenvalue weighted by atomic mass is 14.9. The fraction of sp³-hybridized carbons (Fsp3) is 0.647. The van der Waals surface area contributed by atoms with Gasteiger partial charge >= 0.3 is 0 Å². The van der Waals surface area contributed by atoms with E-state index in [1.807, 2.05) is 0 Å². The molecule has 0 aromatic heterocycles. The zero-order valence-corrected chi connectivity index (χ0v) is 12.7. The van der Waals surface area contributed by atoms with Crippen molar-refractivity contribution in [2.75, 3.05) is 6.54 Å². The summed E-state index contributed by atoms with van der Waals surface area (Å²) in [5, 5.41) is 3.69. The molecule has 1 N–H and O–H groups in total. The molecule has 18 heavy (non-hydrogen) atoms. The molecular formula is C17H29N. The average Bonchev–Trinajstić information content (AvgIpc) is 2.34. The number of benzene rings is 1. The van der Waals surface area contributed by atoms with Gasteiger partial charge in [0.25, 0.3) is 0 Å². The monoisotopic (exact) mass is 247 g/mol. The minimum Gasteiger partial charge on any atom is -0.310 e. The highest BCUT2D eigenvalue weighted by Crippen LogP contribution is 2.33. The van der Waals surface area contributed by atoms with Gasteiger partial charge in [-0.15, -0.1) is 0 Å². The summed E-state index contributed by atoms with van der Waals surface area (Å²) >= 11 is 0. The molecule has 1 nitrogen and oxygen atoms in total. The van der Waals surface area contributed by atoms with Crippen LogP contribution in [0.3, 0.4) is 0 Å². The summed E-state index contributed by atoms with van der Waals surface area (Å²) in [6, 6.07) is 11.3. The lowest BCUT2D eigenvalue weighted by Gasteiger charge is -2.31. The fourth-order valence-corrected chi connectivity index (χ4v) is 2.05. The molecule has 0 saturated carbocycles. The molecule has 0 radical (unpaired) electrons. The fourth-order valence-electron chi connectivity index (χ4n) is 2.05. The first-order valence-electron chi connectivity index (χ1n) is 7.23. The predicted molar refractivity (Wildman–Crippen MR) is 80.7 cm³/mol. The Morgan fingerprint density at radius 1 is 1.11 bits per heavy atom. The summed E-state index contributed by atoms with van der Waals surface area (Å²) in [6.45, 7) is 12.7. The summed E-state index contributed by atoms with van der Waals surface area (Å²) in [4.78, 5) is 0. The molecule has 0 fully saturated rings. The number of hydrogen-bond acceptors (Lipinski definition) is 1. The van der Waals surface area contributed by atoms with Crippen LogP contribution in [0.15, 0.2) is 30.3 Å². The first kappa shape index (κ1) is 15.2. The smallest absolute Gasteiger partial charge is 0.0322 e. The van der Waals surface area contributed by atoms with Crippen LogP contribution in [0.2, 0.25) is 0 Å². The van der Waals surface area contributed by atoms with Crippen LogP contribution < -0.4 is 5.32 Å². The molecule has 0 bridgehead atoms. The molecule has 0 amide bonds. The van der Waals surface area contributed by atoms with Crippen LogP contribution in [-0.4, -0.2) is 6.54 Å². The summed E-state index contributed by atoms with van der Waals surface area (Å²) < 4.78 is 0. The van der Waals surface area contributed by atoms with Crippen molar-refractivity contribution in [3.63, 3.8) is 0 Å². The molecule has 2 atom stereocenters. The summed E-state index contributed by atoms with van der Waals surface area (Å²) in [5.74, 6) is 0.701. The van der Waals surface area contributed by atoms with E-state index in [1.54, 1.807) is 0 Å². The Kier molecular flexibility index (Phi) is 5.87. The first-order chi connectivity index (χ1) is 8.45. The lowest BCUT2D eigenvalue weighted by Crippen LogP contribution is -2.28. The Bertz CT molecular complexity index is 323. The van der Waals surface area contributed by atoms with Gasteiger partial charge in [-0.25, -0.2) is 0 Å². The van der Waals surface area contributed by atoms with Gasteiger partial charge in [-0.3, -0.25) is 0 Å². The zero-order chi connectivity index (χ0) is 13.6. The van der Waals surface area contributed by atoms with Gasteiger partial charge in [0.15, 0.2) is 0 Å². The van der Waals surface area contributed by atoms with Crippen molar-refractivity contribution in [2.24, 2.45) is 11.3 Å². The molecule has 0 aliphatic carbocycles. The lowest BCUT2D eigenvalue weighted by molar-refractivity contribution is 0.223. The van der Waals surface area contributed by atoms with E-state index in [9.17, 15) is 0 Å². The topological polar surface area (TPSA) is 12.0 Å². The van der Waals surface area contributed by atoms with E-state index in [0.717, 1.165) is 6.54 Å². The third-order valence-corrected chi connectivity index (χ3v) is 3.91.